The van der Waals surface area contributed by atoms with E-state index in [9.17, 15) is 0 Å². The van der Waals surface area contributed by atoms with Gasteiger partial charge in [0.2, 0.25) is 5.71 Å². The van der Waals surface area contributed by atoms with Crippen molar-refractivity contribution in [3.63, 3.8) is 0 Å². The van der Waals surface area contributed by atoms with Gasteiger partial charge < -0.3 is 10.2 Å². The number of fused-ring (bicyclic) bond motifs is 1. The van der Waals surface area contributed by atoms with E-state index in [4.69, 9.17) is 10.2 Å². The first-order valence-electron chi connectivity index (χ1n) is 4.40. The fourth-order valence-corrected chi connectivity index (χ4v) is 1.31. The van der Waals surface area contributed by atoms with Crippen LogP contribution in [-0.2, 0) is 0 Å². The molecule has 1 unspecified atom stereocenters. The van der Waals surface area contributed by atoms with Gasteiger partial charge in [0.05, 0.1) is 6.26 Å². The van der Waals surface area contributed by atoms with E-state index >= 15 is 0 Å². The van der Waals surface area contributed by atoms with Crippen molar-refractivity contribution in [3.05, 3.63) is 30.2 Å². The van der Waals surface area contributed by atoms with Crippen LogP contribution in [0.2, 0.25) is 0 Å². The van der Waals surface area contributed by atoms with Crippen LogP contribution in [0.15, 0.2) is 29.0 Å². The predicted molar refractivity (Wildman–Crippen MR) is 51.2 cm³/mol. The van der Waals surface area contributed by atoms with Gasteiger partial charge in [-0.15, -0.1) is 0 Å². The Bertz CT molecular complexity index is 408. The minimum absolute atomic E-state index is 0.0757. The average Bonchev–Trinajstić information content (AvgIpc) is 2.63. The van der Waals surface area contributed by atoms with Gasteiger partial charge in [-0.2, -0.15) is 0 Å². The van der Waals surface area contributed by atoms with Gasteiger partial charge in [-0.1, -0.05) is 6.92 Å². The van der Waals surface area contributed by atoms with Crippen LogP contribution in [-0.4, -0.2) is 4.98 Å². The lowest BCUT2D eigenvalue weighted by Crippen LogP contribution is -2.08. The summed E-state index contributed by atoms with van der Waals surface area (Å²) in [4.78, 5) is 4.16. The highest BCUT2D eigenvalue weighted by molar-refractivity contribution is 5.73. The molecule has 2 N–H and O–H groups in total. The second-order valence-corrected chi connectivity index (χ2v) is 3.10. The van der Waals surface area contributed by atoms with E-state index in [2.05, 4.69) is 11.9 Å². The van der Waals surface area contributed by atoms with Gasteiger partial charge in [0.1, 0.15) is 0 Å². The highest BCUT2D eigenvalue weighted by atomic mass is 16.3. The van der Waals surface area contributed by atoms with Crippen LogP contribution in [0.3, 0.4) is 0 Å². The molecule has 0 aliphatic heterocycles. The number of pyridine rings is 1. The summed E-state index contributed by atoms with van der Waals surface area (Å²) in [6.45, 7) is 2.06. The monoisotopic (exact) mass is 176 g/mol. The molecule has 2 aromatic heterocycles. The van der Waals surface area contributed by atoms with Crippen molar-refractivity contribution in [1.29, 1.82) is 0 Å². The molecule has 0 spiro atoms. The molecule has 3 nitrogen and oxygen atoms in total. The van der Waals surface area contributed by atoms with Gasteiger partial charge in [0.25, 0.3) is 0 Å². The van der Waals surface area contributed by atoms with E-state index in [-0.39, 0.29) is 6.04 Å². The largest absolute Gasteiger partial charge is 0.446 e. The number of hydrogen-bond acceptors (Lipinski definition) is 3. The zero-order valence-corrected chi connectivity index (χ0v) is 7.53. The fraction of sp³-hybridized carbons (Fsp3) is 0.300. The second kappa shape index (κ2) is 3.18. The van der Waals surface area contributed by atoms with E-state index in [1.165, 1.54) is 0 Å². The summed E-state index contributed by atoms with van der Waals surface area (Å²) in [6, 6.07) is 4.00. The predicted octanol–water partition coefficient (Wildman–Crippen LogP) is 2.24. The Morgan fingerprint density at radius 1 is 1.62 bits per heavy atom. The van der Waals surface area contributed by atoms with Crippen molar-refractivity contribution in [2.24, 2.45) is 5.73 Å². The first-order valence-corrected chi connectivity index (χ1v) is 4.40. The molecule has 0 fully saturated rings. The maximum Gasteiger partial charge on any atom is 0.225 e. The van der Waals surface area contributed by atoms with Crippen molar-refractivity contribution in [2.75, 3.05) is 0 Å². The summed E-state index contributed by atoms with van der Waals surface area (Å²) in [5.41, 5.74) is 7.62. The number of aromatic nitrogens is 1. The Morgan fingerprint density at radius 3 is 3.23 bits per heavy atom. The molecule has 2 heterocycles. The number of nitrogens with two attached hydrogens (primary N) is 1. The minimum atomic E-state index is 0.0757. The van der Waals surface area contributed by atoms with Crippen molar-refractivity contribution in [1.82, 2.24) is 4.98 Å². The Hall–Kier alpha value is -1.35. The topological polar surface area (TPSA) is 52.0 Å². The van der Waals surface area contributed by atoms with Crippen molar-refractivity contribution in [2.45, 2.75) is 19.4 Å². The highest BCUT2D eigenvalue weighted by Crippen LogP contribution is 2.18. The zero-order chi connectivity index (χ0) is 9.26. The molecule has 2 rings (SSSR count). The molecule has 1 atom stereocenters. The molecule has 0 saturated carbocycles. The zero-order valence-electron chi connectivity index (χ0n) is 7.53. The summed E-state index contributed by atoms with van der Waals surface area (Å²) in [5.74, 6) is 0. The van der Waals surface area contributed by atoms with E-state index in [0.717, 1.165) is 17.4 Å². The van der Waals surface area contributed by atoms with Crippen LogP contribution in [0.25, 0.3) is 11.1 Å². The van der Waals surface area contributed by atoms with Gasteiger partial charge in [-0.05, 0) is 24.1 Å². The van der Waals surface area contributed by atoms with Crippen LogP contribution in [0.4, 0.5) is 0 Å². The Kier molecular flexibility index (Phi) is 2.02. The Labute approximate surface area is 76.6 Å². The molecular formula is C10H12N2O. The number of furan rings is 1. The lowest BCUT2D eigenvalue weighted by molar-refractivity contribution is 0.602. The van der Waals surface area contributed by atoms with Crippen LogP contribution in [0, 0.1) is 0 Å². The molecule has 0 amide bonds. The standard InChI is InChI=1S/C10H12N2O/c1-2-9(11)8-5-7-3-4-13-10(7)12-6-8/h3-6,9H,2,11H2,1H3. The molecule has 0 saturated heterocycles. The summed E-state index contributed by atoms with van der Waals surface area (Å²) >= 11 is 0. The van der Waals surface area contributed by atoms with E-state index < -0.39 is 0 Å². The number of nitrogens with zero attached hydrogens (tertiary/aromatic N) is 1. The molecule has 0 radical (unpaired) electrons. The van der Waals surface area contributed by atoms with E-state index in [0.29, 0.717) is 5.71 Å². The maximum absolute atomic E-state index is 5.88. The Balaban J connectivity index is 2.48. The molecule has 13 heavy (non-hydrogen) atoms. The summed E-state index contributed by atoms with van der Waals surface area (Å²) in [6.07, 6.45) is 4.34. The molecule has 0 aliphatic rings. The van der Waals surface area contributed by atoms with Crippen LogP contribution >= 0.6 is 0 Å². The van der Waals surface area contributed by atoms with Crippen molar-refractivity contribution < 1.29 is 4.42 Å². The molecule has 0 bridgehead atoms. The van der Waals surface area contributed by atoms with Gasteiger partial charge in [-0.3, -0.25) is 0 Å². The van der Waals surface area contributed by atoms with Gasteiger partial charge >= 0.3 is 0 Å². The summed E-state index contributed by atoms with van der Waals surface area (Å²) in [5, 5.41) is 1.02. The normalized spacial score (nSPS) is 13.4. The van der Waals surface area contributed by atoms with Crippen molar-refractivity contribution in [3.8, 4) is 0 Å². The quantitative estimate of drug-likeness (QED) is 0.763. The van der Waals surface area contributed by atoms with Crippen LogP contribution < -0.4 is 5.73 Å². The molecular weight excluding hydrogens is 164 g/mol. The average molecular weight is 176 g/mol. The third-order valence-electron chi connectivity index (χ3n) is 2.20. The third kappa shape index (κ3) is 1.42. The number of hydrogen-bond donors (Lipinski definition) is 1. The smallest absolute Gasteiger partial charge is 0.225 e. The highest BCUT2D eigenvalue weighted by Gasteiger charge is 2.05. The molecule has 3 heteroatoms. The lowest BCUT2D eigenvalue weighted by Gasteiger charge is -2.07. The van der Waals surface area contributed by atoms with Gasteiger partial charge in [0, 0.05) is 17.6 Å². The molecule has 68 valence electrons. The Morgan fingerprint density at radius 2 is 2.46 bits per heavy atom. The van der Waals surface area contributed by atoms with E-state index in [1.54, 1.807) is 12.5 Å². The second-order valence-electron chi connectivity index (χ2n) is 3.10. The fourth-order valence-electron chi connectivity index (χ4n) is 1.31. The summed E-state index contributed by atoms with van der Waals surface area (Å²) in [7, 11) is 0. The maximum atomic E-state index is 5.88. The number of rotatable bonds is 2. The van der Waals surface area contributed by atoms with E-state index in [1.807, 2.05) is 12.1 Å². The molecule has 2 aromatic rings. The van der Waals surface area contributed by atoms with Gasteiger partial charge in [0.15, 0.2) is 0 Å². The third-order valence-corrected chi connectivity index (χ3v) is 2.20. The SMILES string of the molecule is CCC(N)c1cnc2occc2c1. The summed E-state index contributed by atoms with van der Waals surface area (Å²) < 4.78 is 5.13. The lowest BCUT2D eigenvalue weighted by atomic mass is 10.1. The van der Waals surface area contributed by atoms with Crippen molar-refractivity contribution >= 4 is 11.1 Å². The van der Waals surface area contributed by atoms with Crippen LogP contribution in [0.5, 0.6) is 0 Å². The first-order chi connectivity index (χ1) is 6.31. The molecule has 0 aromatic carbocycles. The van der Waals surface area contributed by atoms with Crippen LogP contribution in [0.1, 0.15) is 24.9 Å². The minimum Gasteiger partial charge on any atom is -0.446 e. The van der Waals surface area contributed by atoms with Gasteiger partial charge in [-0.25, -0.2) is 4.98 Å². The molecule has 0 aliphatic carbocycles. The first kappa shape index (κ1) is 8.26.